The second-order valence-corrected chi connectivity index (χ2v) is 4.28. The van der Waals surface area contributed by atoms with E-state index in [9.17, 15) is 9.18 Å². The van der Waals surface area contributed by atoms with Gasteiger partial charge < -0.3 is 10.2 Å². The van der Waals surface area contributed by atoms with Crippen LogP contribution in [-0.4, -0.2) is 24.5 Å². The highest BCUT2D eigenvalue weighted by Crippen LogP contribution is 2.19. The summed E-state index contributed by atoms with van der Waals surface area (Å²) < 4.78 is 13.4. The molecule has 0 radical (unpaired) electrons. The molecule has 0 unspecified atom stereocenters. The number of hydrogen-bond acceptors (Lipinski definition) is 3. The Labute approximate surface area is 117 Å². The Bertz CT molecular complexity index is 601. The van der Waals surface area contributed by atoms with Crippen LogP contribution >= 0.6 is 0 Å². The van der Waals surface area contributed by atoms with Crippen molar-refractivity contribution in [2.75, 3.05) is 23.8 Å². The minimum atomic E-state index is -0.531. The molecular weight excluding hydrogens is 257 g/mol. The molecule has 0 saturated heterocycles. The van der Waals surface area contributed by atoms with Crippen LogP contribution in [0.2, 0.25) is 0 Å². The van der Waals surface area contributed by atoms with E-state index in [0.29, 0.717) is 12.4 Å². The molecule has 4 nitrogen and oxygen atoms in total. The summed E-state index contributed by atoms with van der Waals surface area (Å²) in [5, 5.41) is 2.97. The SMILES string of the molecule is CCNc1ncc(F)cc1C(=O)N(C)c1ccccc1. The smallest absolute Gasteiger partial charge is 0.261 e. The van der Waals surface area contributed by atoms with Crippen LogP contribution in [0, 0.1) is 5.82 Å². The number of rotatable bonds is 4. The Kier molecular flexibility index (Phi) is 4.30. The molecule has 1 N–H and O–H groups in total. The lowest BCUT2D eigenvalue weighted by Crippen LogP contribution is -2.27. The van der Waals surface area contributed by atoms with Crippen LogP contribution in [0.15, 0.2) is 42.6 Å². The minimum Gasteiger partial charge on any atom is -0.370 e. The lowest BCUT2D eigenvalue weighted by atomic mass is 10.2. The molecule has 2 aromatic rings. The van der Waals surface area contributed by atoms with Crippen molar-refractivity contribution in [2.45, 2.75) is 6.92 Å². The van der Waals surface area contributed by atoms with E-state index < -0.39 is 5.82 Å². The molecule has 0 aliphatic carbocycles. The van der Waals surface area contributed by atoms with E-state index in [2.05, 4.69) is 10.3 Å². The van der Waals surface area contributed by atoms with Gasteiger partial charge >= 0.3 is 0 Å². The van der Waals surface area contributed by atoms with Crippen molar-refractivity contribution in [3.8, 4) is 0 Å². The van der Waals surface area contributed by atoms with Gasteiger partial charge in [-0.05, 0) is 25.1 Å². The van der Waals surface area contributed by atoms with Crippen molar-refractivity contribution in [3.63, 3.8) is 0 Å². The van der Waals surface area contributed by atoms with Gasteiger partial charge in [-0.1, -0.05) is 18.2 Å². The van der Waals surface area contributed by atoms with Gasteiger partial charge in [0, 0.05) is 19.3 Å². The molecule has 0 spiro atoms. The second-order valence-electron chi connectivity index (χ2n) is 4.28. The average Bonchev–Trinajstić information content (AvgIpc) is 2.48. The van der Waals surface area contributed by atoms with Gasteiger partial charge in [-0.25, -0.2) is 9.37 Å². The van der Waals surface area contributed by atoms with E-state index >= 15 is 0 Å². The zero-order valence-corrected chi connectivity index (χ0v) is 11.4. The van der Waals surface area contributed by atoms with Crippen LogP contribution in [-0.2, 0) is 0 Å². The summed E-state index contributed by atoms with van der Waals surface area (Å²) in [4.78, 5) is 17.9. The fraction of sp³-hybridized carbons (Fsp3) is 0.200. The van der Waals surface area contributed by atoms with Crippen molar-refractivity contribution in [2.24, 2.45) is 0 Å². The number of amides is 1. The standard InChI is InChI=1S/C15H16FN3O/c1-3-17-14-13(9-11(16)10-18-14)15(20)19(2)12-7-5-4-6-8-12/h4-10H,3H2,1-2H3,(H,17,18). The molecule has 0 saturated carbocycles. The van der Waals surface area contributed by atoms with Crippen molar-refractivity contribution >= 4 is 17.4 Å². The molecule has 1 amide bonds. The number of benzene rings is 1. The molecule has 1 aromatic carbocycles. The van der Waals surface area contributed by atoms with Gasteiger partial charge in [-0.2, -0.15) is 0 Å². The zero-order valence-electron chi connectivity index (χ0n) is 11.4. The van der Waals surface area contributed by atoms with Crippen molar-refractivity contribution in [3.05, 3.63) is 54.0 Å². The number of nitrogens with zero attached hydrogens (tertiary/aromatic N) is 2. The van der Waals surface area contributed by atoms with E-state index in [4.69, 9.17) is 0 Å². The molecule has 1 aromatic heterocycles. The summed E-state index contributed by atoms with van der Waals surface area (Å²) in [5.41, 5.74) is 0.961. The highest BCUT2D eigenvalue weighted by atomic mass is 19.1. The van der Waals surface area contributed by atoms with Crippen molar-refractivity contribution in [1.29, 1.82) is 0 Å². The van der Waals surface area contributed by atoms with Crippen LogP contribution in [0.25, 0.3) is 0 Å². The summed E-state index contributed by atoms with van der Waals surface area (Å²) >= 11 is 0. The van der Waals surface area contributed by atoms with Crippen LogP contribution in [0.3, 0.4) is 0 Å². The first-order chi connectivity index (χ1) is 9.63. The maximum absolute atomic E-state index is 13.4. The van der Waals surface area contributed by atoms with Gasteiger partial charge in [-0.15, -0.1) is 0 Å². The first kappa shape index (κ1) is 14.0. The molecule has 104 valence electrons. The Morgan fingerprint density at radius 1 is 1.35 bits per heavy atom. The van der Waals surface area contributed by atoms with Gasteiger partial charge in [0.2, 0.25) is 0 Å². The minimum absolute atomic E-state index is 0.221. The highest BCUT2D eigenvalue weighted by Gasteiger charge is 2.18. The number of nitrogens with one attached hydrogen (secondary N) is 1. The third-order valence-electron chi connectivity index (χ3n) is 2.88. The number of pyridine rings is 1. The van der Waals surface area contributed by atoms with Crippen LogP contribution in [0.5, 0.6) is 0 Å². The Balaban J connectivity index is 2.35. The van der Waals surface area contributed by atoms with Crippen LogP contribution in [0.1, 0.15) is 17.3 Å². The molecule has 0 bridgehead atoms. The number of carbonyl (C=O) groups excluding carboxylic acids is 1. The number of aromatic nitrogens is 1. The van der Waals surface area contributed by atoms with Gasteiger partial charge in [0.25, 0.3) is 5.91 Å². The topological polar surface area (TPSA) is 45.2 Å². The van der Waals surface area contributed by atoms with Gasteiger partial charge in [0.05, 0.1) is 11.8 Å². The van der Waals surface area contributed by atoms with E-state index in [1.54, 1.807) is 7.05 Å². The number of anilines is 2. The molecule has 0 fully saturated rings. The normalized spacial score (nSPS) is 10.2. The molecule has 0 atom stereocenters. The summed E-state index contributed by atoms with van der Waals surface area (Å²) in [6, 6.07) is 10.4. The van der Waals surface area contributed by atoms with E-state index in [1.165, 1.54) is 11.0 Å². The third kappa shape index (κ3) is 2.93. The van der Waals surface area contributed by atoms with E-state index in [1.807, 2.05) is 37.3 Å². The molecule has 0 aliphatic heterocycles. The summed E-state index contributed by atoms with van der Waals surface area (Å²) in [5.74, 6) is -0.447. The lowest BCUT2D eigenvalue weighted by Gasteiger charge is -2.19. The monoisotopic (exact) mass is 273 g/mol. The first-order valence-electron chi connectivity index (χ1n) is 6.36. The van der Waals surface area contributed by atoms with Gasteiger partial charge in [-0.3, -0.25) is 4.79 Å². The predicted octanol–water partition coefficient (Wildman–Crippen LogP) is 2.93. The van der Waals surface area contributed by atoms with E-state index in [0.717, 1.165) is 11.9 Å². The molecule has 0 aliphatic rings. The zero-order chi connectivity index (χ0) is 14.5. The molecule has 1 heterocycles. The molecular formula is C15H16FN3O. The lowest BCUT2D eigenvalue weighted by molar-refractivity contribution is 0.0993. The number of carbonyl (C=O) groups is 1. The quantitative estimate of drug-likeness (QED) is 0.931. The third-order valence-corrected chi connectivity index (χ3v) is 2.88. The fourth-order valence-corrected chi connectivity index (χ4v) is 1.86. The van der Waals surface area contributed by atoms with Crippen LogP contribution < -0.4 is 10.2 Å². The Morgan fingerprint density at radius 3 is 2.70 bits per heavy atom. The molecule has 5 heteroatoms. The summed E-state index contributed by atoms with van der Waals surface area (Å²) in [7, 11) is 1.65. The number of hydrogen-bond donors (Lipinski definition) is 1. The Hall–Kier alpha value is -2.43. The van der Waals surface area contributed by atoms with Gasteiger partial charge in [0.15, 0.2) is 0 Å². The molecule has 20 heavy (non-hydrogen) atoms. The fourth-order valence-electron chi connectivity index (χ4n) is 1.86. The van der Waals surface area contributed by atoms with Crippen molar-refractivity contribution in [1.82, 2.24) is 4.98 Å². The largest absolute Gasteiger partial charge is 0.370 e. The van der Waals surface area contributed by atoms with E-state index in [-0.39, 0.29) is 11.5 Å². The maximum Gasteiger partial charge on any atom is 0.261 e. The second kappa shape index (κ2) is 6.14. The highest BCUT2D eigenvalue weighted by molar-refractivity contribution is 6.08. The average molecular weight is 273 g/mol. The predicted molar refractivity (Wildman–Crippen MR) is 77.5 cm³/mol. The van der Waals surface area contributed by atoms with Gasteiger partial charge in [0.1, 0.15) is 11.6 Å². The number of halogens is 1. The van der Waals surface area contributed by atoms with Crippen molar-refractivity contribution < 1.29 is 9.18 Å². The number of para-hydroxylation sites is 1. The first-order valence-corrected chi connectivity index (χ1v) is 6.36. The van der Waals surface area contributed by atoms with Crippen LogP contribution in [0.4, 0.5) is 15.9 Å². The summed E-state index contributed by atoms with van der Waals surface area (Å²) in [6.07, 6.45) is 1.09. The summed E-state index contributed by atoms with van der Waals surface area (Å²) in [6.45, 7) is 2.49. The maximum atomic E-state index is 13.4. The Morgan fingerprint density at radius 2 is 2.05 bits per heavy atom. The molecule has 2 rings (SSSR count).